The number of anilines is 1. The lowest BCUT2D eigenvalue weighted by atomic mass is 10.0. The third-order valence-electron chi connectivity index (χ3n) is 3.95. The maximum absolute atomic E-state index is 13.0. The molecule has 0 aliphatic carbocycles. The van der Waals surface area contributed by atoms with Gasteiger partial charge in [-0.1, -0.05) is 11.6 Å². The van der Waals surface area contributed by atoms with Crippen LogP contribution in [0.3, 0.4) is 0 Å². The second kappa shape index (κ2) is 6.63. The van der Waals surface area contributed by atoms with Crippen LogP contribution in [-0.4, -0.2) is 26.7 Å². The second-order valence-corrected chi connectivity index (χ2v) is 7.79. The highest BCUT2D eigenvalue weighted by atomic mass is 35.5. The van der Waals surface area contributed by atoms with Gasteiger partial charge in [-0.2, -0.15) is 0 Å². The highest BCUT2D eigenvalue weighted by molar-refractivity contribution is 7.92. The van der Waals surface area contributed by atoms with Crippen LogP contribution >= 0.6 is 11.6 Å². The maximum atomic E-state index is 13.0. The smallest absolute Gasteiger partial charge is 0.264 e. The number of hydrogen-bond donors (Lipinski definition) is 1. The Balaban J connectivity index is 2.00. The highest BCUT2D eigenvalue weighted by Gasteiger charge is 2.32. The van der Waals surface area contributed by atoms with E-state index in [-0.39, 0.29) is 11.4 Å². The van der Waals surface area contributed by atoms with Crippen molar-refractivity contribution in [1.29, 1.82) is 0 Å². The molecule has 0 radical (unpaired) electrons. The average Bonchev–Trinajstić information content (AvgIpc) is 2.56. The van der Waals surface area contributed by atoms with Crippen LogP contribution in [0, 0.1) is 0 Å². The number of nitrogens with zero attached hydrogens (tertiary/aromatic N) is 1. The van der Waals surface area contributed by atoms with Gasteiger partial charge in [0.1, 0.15) is 5.75 Å². The van der Waals surface area contributed by atoms with Crippen LogP contribution in [0.1, 0.15) is 25.0 Å². The third-order valence-corrected chi connectivity index (χ3v) is 6.01. The summed E-state index contributed by atoms with van der Waals surface area (Å²) in [6.45, 7) is 2.60. The molecule has 0 saturated heterocycles. The molecule has 0 fully saturated rings. The van der Waals surface area contributed by atoms with E-state index in [9.17, 15) is 13.5 Å². The van der Waals surface area contributed by atoms with E-state index in [0.29, 0.717) is 35.1 Å². The van der Waals surface area contributed by atoms with Gasteiger partial charge in [0.2, 0.25) is 0 Å². The summed E-state index contributed by atoms with van der Waals surface area (Å²) in [6, 6.07) is 11.2. The largest absolute Gasteiger partial charge is 0.494 e. The molecule has 1 aliphatic rings. The van der Waals surface area contributed by atoms with Crippen molar-refractivity contribution in [1.82, 2.24) is 0 Å². The lowest BCUT2D eigenvalue weighted by Crippen LogP contribution is -2.36. The minimum atomic E-state index is -3.72. The van der Waals surface area contributed by atoms with Crippen LogP contribution in [0.4, 0.5) is 5.69 Å². The number of halogens is 1. The summed E-state index contributed by atoms with van der Waals surface area (Å²) < 4.78 is 32.6. The summed E-state index contributed by atoms with van der Waals surface area (Å²) in [4.78, 5) is 0.184. The molecule has 0 spiro atoms. The summed E-state index contributed by atoms with van der Waals surface area (Å²) in [5.41, 5.74) is 0.996. The summed E-state index contributed by atoms with van der Waals surface area (Å²) in [5.74, 6) is 0.623. The summed E-state index contributed by atoms with van der Waals surface area (Å²) >= 11 is 5.98. The minimum absolute atomic E-state index is 0.184. The van der Waals surface area contributed by atoms with Crippen LogP contribution in [0.2, 0.25) is 5.02 Å². The minimum Gasteiger partial charge on any atom is -0.494 e. The summed E-state index contributed by atoms with van der Waals surface area (Å²) in [5, 5.41) is 10.6. The van der Waals surface area contributed by atoms with Crippen LogP contribution < -0.4 is 9.04 Å². The molecule has 1 heterocycles. The normalized spacial score (nSPS) is 17.5. The Bertz CT molecular complexity index is 836. The predicted molar refractivity (Wildman–Crippen MR) is 93.2 cm³/mol. The molecule has 5 nitrogen and oxygen atoms in total. The zero-order valence-electron chi connectivity index (χ0n) is 13.1. The van der Waals surface area contributed by atoms with E-state index >= 15 is 0 Å². The van der Waals surface area contributed by atoms with Crippen molar-refractivity contribution in [2.45, 2.75) is 24.3 Å². The van der Waals surface area contributed by atoms with E-state index in [0.717, 1.165) is 0 Å². The van der Waals surface area contributed by atoms with Crippen molar-refractivity contribution >= 4 is 27.3 Å². The number of sulfonamides is 1. The number of fused-ring (bicyclic) bond motifs is 1. The van der Waals surface area contributed by atoms with E-state index in [1.54, 1.807) is 30.3 Å². The number of aliphatic hydroxyl groups is 1. The predicted octanol–water partition coefficient (Wildman–Crippen LogP) is 3.37. The van der Waals surface area contributed by atoms with Crippen LogP contribution in [0.25, 0.3) is 0 Å². The Hall–Kier alpha value is -1.76. The number of ether oxygens (including phenoxy) is 1. The summed E-state index contributed by atoms with van der Waals surface area (Å²) in [6.07, 6.45) is -0.394. The van der Waals surface area contributed by atoms with Gasteiger partial charge < -0.3 is 9.84 Å². The lowest BCUT2D eigenvalue weighted by molar-refractivity contribution is 0.166. The number of rotatable bonds is 4. The molecule has 2 aromatic rings. The molecule has 128 valence electrons. The Morgan fingerprint density at radius 2 is 1.96 bits per heavy atom. The van der Waals surface area contributed by atoms with Crippen molar-refractivity contribution in [2.75, 3.05) is 17.5 Å². The fourth-order valence-corrected chi connectivity index (χ4v) is 4.47. The van der Waals surface area contributed by atoms with Crippen molar-refractivity contribution in [3.05, 3.63) is 53.1 Å². The number of hydrogen-bond acceptors (Lipinski definition) is 4. The van der Waals surface area contributed by atoms with Crippen LogP contribution in [0.5, 0.6) is 5.75 Å². The van der Waals surface area contributed by atoms with Gasteiger partial charge in [0.05, 0.1) is 23.3 Å². The van der Waals surface area contributed by atoms with Crippen molar-refractivity contribution in [3.63, 3.8) is 0 Å². The molecule has 1 aliphatic heterocycles. The molecule has 0 amide bonds. The Kier molecular flexibility index (Phi) is 4.71. The first kappa shape index (κ1) is 17.1. The van der Waals surface area contributed by atoms with E-state index < -0.39 is 16.1 Å². The second-order valence-electron chi connectivity index (χ2n) is 5.49. The zero-order valence-corrected chi connectivity index (χ0v) is 14.7. The van der Waals surface area contributed by atoms with Crippen molar-refractivity contribution in [2.24, 2.45) is 0 Å². The molecular weight excluding hydrogens is 350 g/mol. The maximum Gasteiger partial charge on any atom is 0.264 e. The van der Waals surface area contributed by atoms with Crippen LogP contribution in [-0.2, 0) is 10.0 Å². The number of benzene rings is 2. The van der Waals surface area contributed by atoms with Gasteiger partial charge in [0.15, 0.2) is 0 Å². The topological polar surface area (TPSA) is 66.8 Å². The molecule has 1 atom stereocenters. The van der Waals surface area contributed by atoms with Crippen LogP contribution in [0.15, 0.2) is 47.4 Å². The van der Waals surface area contributed by atoms with E-state index in [1.807, 2.05) is 6.92 Å². The van der Waals surface area contributed by atoms with Gasteiger partial charge in [-0.15, -0.1) is 0 Å². The average molecular weight is 368 g/mol. The zero-order chi connectivity index (χ0) is 17.3. The molecular formula is C17H18ClNO4S. The fraction of sp³-hybridized carbons (Fsp3) is 0.294. The lowest BCUT2D eigenvalue weighted by Gasteiger charge is -2.33. The van der Waals surface area contributed by atoms with E-state index in [4.69, 9.17) is 16.3 Å². The summed E-state index contributed by atoms with van der Waals surface area (Å²) in [7, 11) is -3.72. The quantitative estimate of drug-likeness (QED) is 0.899. The Labute approximate surface area is 146 Å². The highest BCUT2D eigenvalue weighted by Crippen LogP contribution is 2.38. The third kappa shape index (κ3) is 3.09. The monoisotopic (exact) mass is 367 g/mol. The SMILES string of the molecule is CCOc1ccc(S(=O)(=O)N2CCC(O)c3cc(Cl)ccc32)cc1. The molecule has 0 bridgehead atoms. The van der Waals surface area contributed by atoms with Crippen molar-refractivity contribution < 1.29 is 18.3 Å². The standard InChI is InChI=1S/C17H18ClNO4S/c1-2-23-13-4-6-14(7-5-13)24(21,22)19-10-9-17(20)15-11-12(18)3-8-16(15)19/h3-8,11,17,20H,2,9-10H2,1H3. The van der Waals surface area contributed by atoms with Gasteiger partial charge in [0.25, 0.3) is 10.0 Å². The number of aliphatic hydroxyl groups excluding tert-OH is 1. The molecule has 0 saturated carbocycles. The van der Waals surface area contributed by atoms with E-state index in [2.05, 4.69) is 0 Å². The first-order valence-corrected chi connectivity index (χ1v) is 9.48. The molecule has 7 heteroatoms. The van der Waals surface area contributed by atoms with Gasteiger partial charge in [-0.3, -0.25) is 4.31 Å². The molecule has 0 aromatic heterocycles. The molecule has 1 N–H and O–H groups in total. The van der Waals surface area contributed by atoms with Gasteiger partial charge in [0, 0.05) is 17.1 Å². The first-order chi connectivity index (χ1) is 11.4. The van der Waals surface area contributed by atoms with Crippen molar-refractivity contribution in [3.8, 4) is 5.75 Å². The molecule has 24 heavy (non-hydrogen) atoms. The molecule has 1 unspecified atom stereocenters. The van der Waals surface area contributed by atoms with Gasteiger partial charge in [-0.25, -0.2) is 8.42 Å². The Morgan fingerprint density at radius 3 is 2.62 bits per heavy atom. The van der Waals surface area contributed by atoms with Gasteiger partial charge >= 0.3 is 0 Å². The fourth-order valence-electron chi connectivity index (χ4n) is 2.79. The van der Waals surface area contributed by atoms with Gasteiger partial charge in [-0.05, 0) is 55.8 Å². The molecule has 3 rings (SSSR count). The van der Waals surface area contributed by atoms with E-state index in [1.165, 1.54) is 16.4 Å². The first-order valence-electron chi connectivity index (χ1n) is 7.66. The molecule has 2 aromatic carbocycles. The Morgan fingerprint density at radius 1 is 1.25 bits per heavy atom.